The number of urea groups is 1. The Labute approximate surface area is 208 Å². The molecule has 0 aliphatic heterocycles. The summed E-state index contributed by atoms with van der Waals surface area (Å²) in [5.74, 6) is -0.420. The van der Waals surface area contributed by atoms with Crippen LogP contribution in [0.1, 0.15) is 28.8 Å². The van der Waals surface area contributed by atoms with Crippen LogP contribution in [0.3, 0.4) is 0 Å². The molecule has 2 amide bonds. The fraction of sp³-hybridized carbons (Fsp3) is 0.185. The van der Waals surface area contributed by atoms with Gasteiger partial charge in [-0.3, -0.25) is 4.98 Å². The lowest BCUT2D eigenvalue weighted by Crippen LogP contribution is -2.19. The van der Waals surface area contributed by atoms with E-state index in [1.165, 1.54) is 17.4 Å². The van der Waals surface area contributed by atoms with Gasteiger partial charge in [-0.2, -0.15) is 0 Å². The van der Waals surface area contributed by atoms with Crippen LogP contribution in [0.2, 0.25) is 0 Å². The summed E-state index contributed by atoms with van der Waals surface area (Å²) in [5, 5.41) is 2.37. The van der Waals surface area contributed by atoms with Crippen LogP contribution in [0, 0.1) is 5.82 Å². The van der Waals surface area contributed by atoms with Crippen molar-refractivity contribution in [1.82, 2.24) is 4.98 Å². The number of hydrogen-bond donors (Lipinski definition) is 3. The Morgan fingerprint density at radius 3 is 2.80 bits per heavy atom. The van der Waals surface area contributed by atoms with Gasteiger partial charge >= 0.3 is 6.03 Å². The number of hydrogen-bond acceptors (Lipinski definition) is 5. The van der Waals surface area contributed by atoms with E-state index in [4.69, 9.17) is 16.2 Å². The second-order valence-corrected chi connectivity index (χ2v) is 8.92. The van der Waals surface area contributed by atoms with Crippen LogP contribution in [-0.4, -0.2) is 24.7 Å². The summed E-state index contributed by atoms with van der Waals surface area (Å²) in [6.07, 6.45) is 13.5. The topological polar surface area (TPSA) is 103 Å². The van der Waals surface area contributed by atoms with E-state index >= 15 is 0 Å². The number of nitrogens with zero attached hydrogens (tertiary/aromatic N) is 1. The highest BCUT2D eigenvalue weighted by atomic mass is 32.1. The van der Waals surface area contributed by atoms with Gasteiger partial charge in [0.15, 0.2) is 0 Å². The van der Waals surface area contributed by atoms with Crippen LogP contribution in [0.15, 0.2) is 79.1 Å². The fourth-order valence-electron chi connectivity index (χ4n) is 3.36. The molecule has 1 aromatic carbocycles. The lowest BCUT2D eigenvalue weighted by molar-refractivity contribution is 0.204. The normalized spacial score (nSPS) is 12.1. The Bertz CT molecular complexity index is 1290. The molecule has 0 unspecified atom stereocenters. The summed E-state index contributed by atoms with van der Waals surface area (Å²) < 4.78 is 20.6. The molecule has 0 atom stereocenters. The van der Waals surface area contributed by atoms with E-state index in [0.29, 0.717) is 30.0 Å². The van der Waals surface area contributed by atoms with Gasteiger partial charge in [-0.15, -0.1) is 11.3 Å². The van der Waals surface area contributed by atoms with E-state index in [9.17, 15) is 9.18 Å². The van der Waals surface area contributed by atoms with Crippen LogP contribution >= 0.6 is 11.3 Å². The molecule has 0 fully saturated rings. The van der Waals surface area contributed by atoms with Crippen molar-refractivity contribution in [3.63, 3.8) is 0 Å². The third kappa shape index (κ3) is 7.63. The maximum atomic E-state index is 14.6. The maximum absolute atomic E-state index is 14.6. The molecule has 0 radical (unpaired) electrons. The minimum Gasteiger partial charge on any atom is -0.398 e. The van der Waals surface area contributed by atoms with Crippen molar-refractivity contribution in [2.75, 3.05) is 19.0 Å². The Morgan fingerprint density at radius 2 is 2.06 bits per heavy atom. The highest BCUT2D eigenvalue weighted by Gasteiger charge is 2.12. The molecule has 35 heavy (non-hydrogen) atoms. The smallest absolute Gasteiger partial charge is 0.316 e. The summed E-state index contributed by atoms with van der Waals surface area (Å²) in [5.41, 5.74) is 15.6. The minimum absolute atomic E-state index is 0.313. The molecule has 0 aliphatic carbocycles. The molecule has 0 saturated carbocycles. The standard InChI is InChI=1S/C27H29FN4O2S/c1-18(7-4-3-5-14-34-2)8-6-9-23(29)25-17-24-26(35-25)20(12-13-31-24)15-19-10-11-21(16-22(19)28)32-27(30)33/h3-4,6,8-13,16-17H,1,5,7,14-15,29H2,2H3,(H3,30,32,33)/b4-3-,8-6-,23-9-. The van der Waals surface area contributed by atoms with Crippen LogP contribution in [0.25, 0.3) is 15.9 Å². The third-order valence-corrected chi connectivity index (χ3v) is 6.37. The van der Waals surface area contributed by atoms with Crippen molar-refractivity contribution >= 4 is 39.0 Å². The van der Waals surface area contributed by atoms with Crippen LogP contribution in [0.5, 0.6) is 0 Å². The number of nitrogens with two attached hydrogens (primary N) is 2. The molecule has 2 heterocycles. The largest absolute Gasteiger partial charge is 0.398 e. The van der Waals surface area contributed by atoms with Gasteiger partial charge in [0.2, 0.25) is 0 Å². The first-order valence-electron chi connectivity index (χ1n) is 11.1. The molecular weight excluding hydrogens is 463 g/mol. The summed E-state index contributed by atoms with van der Waals surface area (Å²) in [4.78, 5) is 16.3. The molecule has 3 aromatic rings. The van der Waals surface area contributed by atoms with Crippen LogP contribution in [0.4, 0.5) is 14.9 Å². The van der Waals surface area contributed by atoms with E-state index < -0.39 is 11.8 Å². The van der Waals surface area contributed by atoms with E-state index in [0.717, 1.165) is 39.1 Å². The number of primary amides is 1. The number of methoxy groups -OCH3 is 1. The van der Waals surface area contributed by atoms with Crippen molar-refractivity contribution in [2.45, 2.75) is 19.3 Å². The number of pyridine rings is 1. The van der Waals surface area contributed by atoms with E-state index in [1.807, 2.05) is 30.4 Å². The first kappa shape index (κ1) is 25.9. The second-order valence-electron chi connectivity index (χ2n) is 7.86. The molecule has 0 saturated heterocycles. The molecule has 6 nitrogen and oxygen atoms in total. The number of aromatic nitrogens is 1. The van der Waals surface area contributed by atoms with Gasteiger partial charge in [0.05, 0.1) is 15.1 Å². The van der Waals surface area contributed by atoms with Gasteiger partial charge in [-0.25, -0.2) is 9.18 Å². The summed E-state index contributed by atoms with van der Waals surface area (Å²) in [7, 11) is 1.69. The van der Waals surface area contributed by atoms with Gasteiger partial charge in [0.25, 0.3) is 0 Å². The number of rotatable bonds is 11. The summed E-state index contributed by atoms with van der Waals surface area (Å²) >= 11 is 1.52. The number of carbonyl (C=O) groups excluding carboxylic acids is 1. The Morgan fingerprint density at radius 1 is 1.23 bits per heavy atom. The van der Waals surface area contributed by atoms with Crippen molar-refractivity contribution in [3.8, 4) is 0 Å². The number of anilines is 1. The summed E-state index contributed by atoms with van der Waals surface area (Å²) in [6.45, 7) is 4.76. The Balaban J connectivity index is 1.72. The molecule has 3 rings (SSSR count). The van der Waals surface area contributed by atoms with Gasteiger partial charge in [0, 0.05) is 37.7 Å². The SMILES string of the molecule is C=C(/C=C\C=C(/N)c1cc2nccc(Cc3ccc(NC(N)=O)cc3F)c2s1)C/C=C\CCOC. The van der Waals surface area contributed by atoms with Crippen molar-refractivity contribution < 1.29 is 13.9 Å². The number of fused-ring (bicyclic) bond motifs is 1. The van der Waals surface area contributed by atoms with Gasteiger partial charge in [-0.1, -0.05) is 42.5 Å². The number of ether oxygens (including phenoxy) is 1. The number of amides is 2. The van der Waals surface area contributed by atoms with Gasteiger partial charge in [0.1, 0.15) is 5.82 Å². The molecule has 0 spiro atoms. The number of allylic oxidation sites excluding steroid dienone is 5. The summed E-state index contributed by atoms with van der Waals surface area (Å²) in [6, 6.07) is 7.60. The number of halogens is 1. The van der Waals surface area contributed by atoms with Gasteiger partial charge in [-0.05, 0) is 54.3 Å². The molecule has 2 aromatic heterocycles. The van der Waals surface area contributed by atoms with E-state index in [2.05, 4.69) is 29.0 Å². The highest BCUT2D eigenvalue weighted by molar-refractivity contribution is 7.20. The Hall–Kier alpha value is -3.75. The lowest BCUT2D eigenvalue weighted by Gasteiger charge is -2.07. The second kappa shape index (κ2) is 12.6. The quantitative estimate of drug-likeness (QED) is 0.176. The Kier molecular flexibility index (Phi) is 9.34. The molecular formula is C27H29FN4O2S. The van der Waals surface area contributed by atoms with Crippen molar-refractivity contribution in [2.24, 2.45) is 11.5 Å². The predicted octanol–water partition coefficient (Wildman–Crippen LogP) is 5.91. The number of thiophene rings is 1. The molecule has 0 aliphatic rings. The predicted molar refractivity (Wildman–Crippen MR) is 143 cm³/mol. The zero-order chi connectivity index (χ0) is 25.2. The third-order valence-electron chi connectivity index (χ3n) is 5.12. The number of nitrogens with one attached hydrogen (secondary N) is 1. The lowest BCUT2D eigenvalue weighted by atomic mass is 10.0. The fourth-order valence-corrected chi connectivity index (χ4v) is 4.43. The first-order chi connectivity index (χ1) is 16.9. The molecule has 182 valence electrons. The van der Waals surface area contributed by atoms with E-state index in [-0.39, 0.29) is 0 Å². The zero-order valence-electron chi connectivity index (χ0n) is 19.6. The monoisotopic (exact) mass is 492 g/mol. The zero-order valence-corrected chi connectivity index (χ0v) is 20.4. The highest BCUT2D eigenvalue weighted by Crippen LogP contribution is 2.32. The van der Waals surface area contributed by atoms with Gasteiger partial charge < -0.3 is 21.5 Å². The maximum Gasteiger partial charge on any atom is 0.316 e. The number of benzene rings is 1. The average molecular weight is 493 g/mol. The van der Waals surface area contributed by atoms with Crippen molar-refractivity contribution in [1.29, 1.82) is 0 Å². The average Bonchev–Trinajstić information content (AvgIpc) is 3.26. The first-order valence-corrected chi connectivity index (χ1v) is 11.9. The minimum atomic E-state index is -0.737. The molecule has 5 N–H and O–H groups in total. The van der Waals surface area contributed by atoms with Crippen LogP contribution < -0.4 is 16.8 Å². The number of carbonyl (C=O) groups is 1. The van der Waals surface area contributed by atoms with Crippen LogP contribution in [-0.2, 0) is 11.2 Å². The van der Waals surface area contributed by atoms with E-state index in [1.54, 1.807) is 25.4 Å². The van der Waals surface area contributed by atoms with Crippen molar-refractivity contribution in [3.05, 3.63) is 101 Å². The molecule has 0 bridgehead atoms. The molecule has 8 heteroatoms.